The lowest BCUT2D eigenvalue weighted by Crippen LogP contribution is -2.37. The quantitative estimate of drug-likeness (QED) is 0.703. The van der Waals surface area contributed by atoms with Crippen molar-refractivity contribution >= 4 is 9.84 Å². The molecule has 5 heteroatoms. The van der Waals surface area contributed by atoms with Crippen LogP contribution in [0.2, 0.25) is 0 Å². The third-order valence-electron chi connectivity index (χ3n) is 2.86. The molecule has 0 heterocycles. The van der Waals surface area contributed by atoms with Crippen LogP contribution in [0.15, 0.2) is 0 Å². The molecular weight excluding hydrogens is 216 g/mol. The van der Waals surface area contributed by atoms with E-state index in [1.165, 1.54) is 6.26 Å². The van der Waals surface area contributed by atoms with Crippen LogP contribution >= 0.6 is 0 Å². The van der Waals surface area contributed by atoms with Crippen LogP contribution in [0.4, 0.5) is 0 Å². The molecule has 90 valence electrons. The Hall–Kier alpha value is -0.130. The van der Waals surface area contributed by atoms with Gasteiger partial charge in [-0.2, -0.15) is 0 Å². The van der Waals surface area contributed by atoms with Gasteiger partial charge in [-0.3, -0.25) is 0 Å². The van der Waals surface area contributed by atoms with Crippen LogP contribution in [0.5, 0.6) is 0 Å². The normalized spacial score (nSPS) is 21.3. The number of hydrogen-bond donors (Lipinski definition) is 1. The molecule has 1 saturated carbocycles. The highest BCUT2D eigenvalue weighted by Crippen LogP contribution is 2.42. The molecule has 1 aliphatic carbocycles. The van der Waals surface area contributed by atoms with Gasteiger partial charge in [0.15, 0.2) is 0 Å². The Kier molecular flexibility index (Phi) is 4.14. The van der Waals surface area contributed by atoms with E-state index in [1.807, 2.05) is 0 Å². The van der Waals surface area contributed by atoms with E-state index in [2.05, 4.69) is 0 Å². The molecule has 0 spiro atoms. The van der Waals surface area contributed by atoms with Gasteiger partial charge in [0.05, 0.1) is 12.2 Å². The highest BCUT2D eigenvalue weighted by molar-refractivity contribution is 7.90. The van der Waals surface area contributed by atoms with Crippen molar-refractivity contribution in [3.63, 3.8) is 0 Å². The van der Waals surface area contributed by atoms with E-state index in [4.69, 9.17) is 4.74 Å². The summed E-state index contributed by atoms with van der Waals surface area (Å²) in [5.74, 6) is 0.447. The van der Waals surface area contributed by atoms with Crippen molar-refractivity contribution in [2.75, 3.05) is 25.7 Å². The molecule has 0 saturated heterocycles. The molecule has 0 radical (unpaired) electrons. The predicted octanol–water partition coefficient (Wildman–Crippen LogP) is 0.599. The van der Waals surface area contributed by atoms with Crippen molar-refractivity contribution < 1.29 is 18.3 Å². The molecule has 0 aromatic rings. The average molecular weight is 236 g/mol. The van der Waals surface area contributed by atoms with Gasteiger partial charge in [-0.15, -0.1) is 0 Å². The molecule has 1 atom stereocenters. The predicted molar refractivity (Wildman–Crippen MR) is 58.5 cm³/mol. The minimum absolute atomic E-state index is 0.145. The molecule has 1 fully saturated rings. The summed E-state index contributed by atoms with van der Waals surface area (Å²) in [7, 11) is -1.36. The zero-order valence-corrected chi connectivity index (χ0v) is 10.2. The van der Waals surface area contributed by atoms with Crippen LogP contribution in [-0.4, -0.2) is 44.9 Å². The molecule has 1 aliphatic rings. The van der Waals surface area contributed by atoms with Crippen molar-refractivity contribution in [1.29, 1.82) is 0 Å². The Morgan fingerprint density at radius 3 is 2.47 bits per heavy atom. The van der Waals surface area contributed by atoms with Crippen LogP contribution in [0, 0.1) is 5.92 Å². The molecule has 4 nitrogen and oxygen atoms in total. The van der Waals surface area contributed by atoms with Crippen LogP contribution in [0.25, 0.3) is 0 Å². The second-order valence-electron chi connectivity index (χ2n) is 4.54. The molecular formula is C10H20O4S. The summed E-state index contributed by atoms with van der Waals surface area (Å²) in [6.45, 7) is 0.307. The van der Waals surface area contributed by atoms with Crippen LogP contribution in [0.3, 0.4) is 0 Å². The average Bonchev–Trinajstić information content (AvgIpc) is 2.83. The number of sulfone groups is 1. The smallest absolute Gasteiger partial charge is 0.147 e. The number of aliphatic hydroxyl groups is 1. The SMILES string of the molecule is COCC(O)(CCCS(C)(=O)=O)C1CC1. The Labute approximate surface area is 91.6 Å². The lowest BCUT2D eigenvalue weighted by molar-refractivity contribution is -0.0540. The fourth-order valence-corrected chi connectivity index (χ4v) is 2.57. The minimum Gasteiger partial charge on any atom is -0.387 e. The summed E-state index contributed by atoms with van der Waals surface area (Å²) in [6, 6.07) is 0. The van der Waals surface area contributed by atoms with Gasteiger partial charge < -0.3 is 9.84 Å². The topological polar surface area (TPSA) is 63.6 Å². The summed E-state index contributed by atoms with van der Waals surface area (Å²) in [4.78, 5) is 0. The Balaban J connectivity index is 2.38. The standard InChI is InChI=1S/C10H20O4S/c1-14-8-10(11,9-4-5-9)6-3-7-15(2,12)13/h9,11H,3-8H2,1-2H3. The first-order chi connectivity index (χ1) is 6.87. The van der Waals surface area contributed by atoms with Gasteiger partial charge in [-0.25, -0.2) is 8.42 Å². The molecule has 1 N–H and O–H groups in total. The van der Waals surface area contributed by atoms with E-state index in [9.17, 15) is 13.5 Å². The third-order valence-corrected chi connectivity index (χ3v) is 3.89. The molecule has 0 bridgehead atoms. The highest BCUT2D eigenvalue weighted by atomic mass is 32.2. The number of methoxy groups -OCH3 is 1. The molecule has 1 rings (SSSR count). The summed E-state index contributed by atoms with van der Waals surface area (Å²) < 4.78 is 26.9. The molecule has 0 aromatic heterocycles. The zero-order chi connectivity index (χ0) is 11.5. The molecule has 0 aliphatic heterocycles. The summed E-state index contributed by atoms with van der Waals surface area (Å²) >= 11 is 0. The Morgan fingerprint density at radius 2 is 2.07 bits per heavy atom. The Bertz CT molecular complexity index is 295. The first-order valence-electron chi connectivity index (χ1n) is 5.26. The summed E-state index contributed by atoms with van der Waals surface area (Å²) in [5.41, 5.74) is -0.806. The molecule has 0 aromatic carbocycles. The van der Waals surface area contributed by atoms with Gasteiger partial charge >= 0.3 is 0 Å². The Morgan fingerprint density at radius 1 is 1.47 bits per heavy atom. The van der Waals surface area contributed by atoms with Crippen LogP contribution in [0.1, 0.15) is 25.7 Å². The van der Waals surface area contributed by atoms with Crippen molar-refractivity contribution in [1.82, 2.24) is 0 Å². The van der Waals surface area contributed by atoms with Gasteiger partial charge in [0.1, 0.15) is 9.84 Å². The first-order valence-corrected chi connectivity index (χ1v) is 7.32. The third kappa shape index (κ3) is 4.49. The fourth-order valence-electron chi connectivity index (χ4n) is 1.91. The van der Waals surface area contributed by atoms with E-state index in [0.717, 1.165) is 12.8 Å². The van der Waals surface area contributed by atoms with Crippen molar-refractivity contribution in [2.24, 2.45) is 5.92 Å². The van der Waals surface area contributed by atoms with Gasteiger partial charge in [-0.05, 0) is 31.6 Å². The minimum atomic E-state index is -2.92. The van der Waals surface area contributed by atoms with Crippen molar-refractivity contribution in [3.05, 3.63) is 0 Å². The molecule has 1 unspecified atom stereocenters. The maximum Gasteiger partial charge on any atom is 0.147 e. The van der Waals surface area contributed by atoms with E-state index < -0.39 is 15.4 Å². The summed E-state index contributed by atoms with van der Waals surface area (Å²) in [6.07, 6.45) is 4.30. The monoisotopic (exact) mass is 236 g/mol. The first kappa shape index (κ1) is 12.9. The molecule has 0 amide bonds. The van der Waals surface area contributed by atoms with Gasteiger partial charge in [-0.1, -0.05) is 0 Å². The van der Waals surface area contributed by atoms with Gasteiger partial charge in [0.25, 0.3) is 0 Å². The zero-order valence-electron chi connectivity index (χ0n) is 9.40. The number of hydrogen-bond acceptors (Lipinski definition) is 4. The lowest BCUT2D eigenvalue weighted by atomic mass is 9.93. The lowest BCUT2D eigenvalue weighted by Gasteiger charge is -2.27. The fraction of sp³-hybridized carbons (Fsp3) is 1.00. The highest BCUT2D eigenvalue weighted by Gasteiger charge is 2.43. The van der Waals surface area contributed by atoms with Crippen LogP contribution in [-0.2, 0) is 14.6 Å². The van der Waals surface area contributed by atoms with E-state index in [-0.39, 0.29) is 5.75 Å². The van der Waals surface area contributed by atoms with Gasteiger partial charge in [0, 0.05) is 19.1 Å². The maximum atomic E-state index is 10.9. The van der Waals surface area contributed by atoms with Crippen molar-refractivity contribution in [2.45, 2.75) is 31.3 Å². The maximum absolute atomic E-state index is 10.9. The number of rotatable bonds is 7. The number of ether oxygens (including phenoxy) is 1. The van der Waals surface area contributed by atoms with E-state index >= 15 is 0 Å². The van der Waals surface area contributed by atoms with Crippen LogP contribution < -0.4 is 0 Å². The largest absolute Gasteiger partial charge is 0.387 e. The second kappa shape index (κ2) is 4.80. The molecule has 15 heavy (non-hydrogen) atoms. The van der Waals surface area contributed by atoms with E-state index in [1.54, 1.807) is 7.11 Å². The van der Waals surface area contributed by atoms with Crippen molar-refractivity contribution in [3.8, 4) is 0 Å². The van der Waals surface area contributed by atoms with Gasteiger partial charge in [0.2, 0.25) is 0 Å². The summed E-state index contributed by atoms with van der Waals surface area (Å²) in [5, 5.41) is 10.2. The second-order valence-corrected chi connectivity index (χ2v) is 6.80. The van der Waals surface area contributed by atoms with E-state index in [0.29, 0.717) is 25.4 Å².